The molecule has 9 nitrogen and oxygen atoms in total. The van der Waals surface area contributed by atoms with E-state index in [9.17, 15) is 14.4 Å². The zero-order chi connectivity index (χ0) is 25.3. The van der Waals surface area contributed by atoms with E-state index in [1.165, 1.54) is 11.8 Å². The van der Waals surface area contributed by atoms with E-state index in [0.29, 0.717) is 12.3 Å². The van der Waals surface area contributed by atoms with Crippen molar-refractivity contribution in [3.8, 4) is 0 Å². The summed E-state index contributed by atoms with van der Waals surface area (Å²) in [6.45, 7) is 12.5. The van der Waals surface area contributed by atoms with Crippen LogP contribution in [0.2, 0.25) is 0 Å². The molecule has 3 heterocycles. The van der Waals surface area contributed by atoms with Crippen LogP contribution in [0.4, 0.5) is 0 Å². The molecule has 0 aromatic heterocycles. The number of nitrogens with one attached hydrogen (secondary N) is 1. The molecule has 0 spiro atoms. The molecule has 0 bridgehead atoms. The number of carbonyl (C=O) groups excluding carboxylic acids is 3. The van der Waals surface area contributed by atoms with Gasteiger partial charge in [0.25, 0.3) is 0 Å². The number of likely N-dealkylation sites (N-methyl/N-ethyl adjacent to an activating group) is 1. The Balaban J connectivity index is 1.41. The number of nitrogens with zero attached hydrogens (tertiary/aromatic N) is 3. The van der Waals surface area contributed by atoms with Gasteiger partial charge in [-0.25, -0.2) is 4.79 Å². The van der Waals surface area contributed by atoms with E-state index in [4.69, 9.17) is 9.57 Å². The first-order valence-corrected chi connectivity index (χ1v) is 13.1. The number of ether oxygens (including phenoxy) is 1. The molecule has 1 N–H and O–H groups in total. The molecule has 35 heavy (non-hydrogen) atoms. The summed E-state index contributed by atoms with van der Waals surface area (Å²) in [5, 5.41) is 6.72. The highest BCUT2D eigenvalue weighted by Gasteiger charge is 2.64. The Bertz CT molecular complexity index is 997. The highest BCUT2D eigenvalue weighted by Crippen LogP contribution is 2.51. The maximum atomic E-state index is 13.3. The minimum absolute atomic E-state index is 0.267. The summed E-state index contributed by atoms with van der Waals surface area (Å²) in [5.41, 5.74) is 1.36. The van der Waals surface area contributed by atoms with Crippen LogP contribution in [0.25, 0.3) is 0 Å². The number of hydrogen-bond acceptors (Lipinski definition) is 8. The summed E-state index contributed by atoms with van der Waals surface area (Å²) in [7, 11) is 0. The number of fused-ring (bicyclic) bond motifs is 1. The predicted molar refractivity (Wildman–Crippen MR) is 134 cm³/mol. The van der Waals surface area contributed by atoms with Crippen LogP contribution in [0, 0.1) is 5.92 Å². The number of esters is 1. The molecule has 0 aliphatic carbocycles. The lowest BCUT2D eigenvalue weighted by Gasteiger charge is -2.44. The highest BCUT2D eigenvalue weighted by atomic mass is 32.2. The van der Waals surface area contributed by atoms with Crippen molar-refractivity contribution >= 4 is 35.3 Å². The monoisotopic (exact) mass is 502 g/mol. The van der Waals surface area contributed by atoms with Crippen LogP contribution in [0.5, 0.6) is 0 Å². The molecule has 0 radical (unpaired) electrons. The van der Waals surface area contributed by atoms with Crippen molar-refractivity contribution in [3.63, 3.8) is 0 Å². The van der Waals surface area contributed by atoms with Gasteiger partial charge in [0.2, 0.25) is 11.8 Å². The van der Waals surface area contributed by atoms with Crippen molar-refractivity contribution in [1.29, 1.82) is 0 Å². The minimum Gasteiger partial charge on any atom is -0.463 e. The highest BCUT2D eigenvalue weighted by molar-refractivity contribution is 8.01. The summed E-state index contributed by atoms with van der Waals surface area (Å²) in [6, 6.07) is 8.01. The van der Waals surface area contributed by atoms with E-state index in [1.807, 2.05) is 44.2 Å². The predicted octanol–water partition coefficient (Wildman–Crippen LogP) is 1.86. The summed E-state index contributed by atoms with van der Waals surface area (Å²) in [4.78, 5) is 48.5. The second kappa shape index (κ2) is 10.2. The number of rotatable bonds is 9. The van der Waals surface area contributed by atoms with Gasteiger partial charge in [0, 0.05) is 16.9 Å². The van der Waals surface area contributed by atoms with E-state index in [1.54, 1.807) is 11.8 Å². The number of oxime groups is 1. The minimum atomic E-state index is -0.704. The normalized spacial score (nSPS) is 28.7. The van der Waals surface area contributed by atoms with E-state index in [0.717, 1.165) is 18.7 Å². The fourth-order valence-corrected chi connectivity index (χ4v) is 6.54. The van der Waals surface area contributed by atoms with Crippen LogP contribution in [0.15, 0.2) is 35.5 Å². The van der Waals surface area contributed by atoms with Gasteiger partial charge in [0.05, 0.1) is 0 Å². The maximum absolute atomic E-state index is 13.3. The second-order valence-electron chi connectivity index (χ2n) is 9.57. The Labute approximate surface area is 210 Å². The Morgan fingerprint density at radius 3 is 2.57 bits per heavy atom. The van der Waals surface area contributed by atoms with Crippen molar-refractivity contribution in [2.45, 2.75) is 62.9 Å². The van der Waals surface area contributed by atoms with Crippen LogP contribution < -0.4 is 5.32 Å². The molecule has 5 atom stereocenters. The van der Waals surface area contributed by atoms with Crippen molar-refractivity contribution < 1.29 is 24.0 Å². The third-order valence-electron chi connectivity index (χ3n) is 6.94. The van der Waals surface area contributed by atoms with E-state index in [-0.39, 0.29) is 23.8 Å². The number of β-lactam (4-membered cyclic amide) rings is 1. The molecule has 3 aliphatic rings. The van der Waals surface area contributed by atoms with Gasteiger partial charge in [-0.05, 0) is 33.9 Å². The van der Waals surface area contributed by atoms with E-state index >= 15 is 0 Å². The Hall–Kier alpha value is -2.59. The van der Waals surface area contributed by atoms with Crippen molar-refractivity contribution in [1.82, 2.24) is 15.1 Å². The summed E-state index contributed by atoms with van der Waals surface area (Å²) in [6.07, 6.45) is -0.447. The Kier molecular flexibility index (Phi) is 7.42. The van der Waals surface area contributed by atoms with Crippen molar-refractivity contribution in [2.75, 3.05) is 26.2 Å². The van der Waals surface area contributed by atoms with Crippen LogP contribution in [0.3, 0.4) is 0 Å². The van der Waals surface area contributed by atoms with Crippen molar-refractivity contribution in [3.05, 3.63) is 35.9 Å². The van der Waals surface area contributed by atoms with Gasteiger partial charge >= 0.3 is 5.97 Å². The van der Waals surface area contributed by atoms with Crippen LogP contribution in [0.1, 0.15) is 40.2 Å². The second-order valence-corrected chi connectivity index (χ2v) is 11.3. The van der Waals surface area contributed by atoms with E-state index in [2.05, 4.69) is 29.2 Å². The first kappa shape index (κ1) is 25.5. The third-order valence-corrected chi connectivity index (χ3v) is 8.51. The molecule has 2 fully saturated rings. The number of hydrogen-bond donors (Lipinski definition) is 1. The number of carbonyl (C=O) groups is 3. The Morgan fingerprint density at radius 2 is 1.91 bits per heavy atom. The fourth-order valence-electron chi connectivity index (χ4n) is 4.92. The molecule has 2 saturated heterocycles. The zero-order valence-electron chi connectivity index (χ0n) is 20.9. The molecule has 2 amide bonds. The molecule has 4 rings (SSSR count). The number of thioether (sulfide) groups is 1. The van der Waals surface area contributed by atoms with Gasteiger partial charge < -0.3 is 24.7 Å². The fraction of sp³-hybridized carbons (Fsp3) is 0.600. The van der Waals surface area contributed by atoms with Crippen molar-refractivity contribution in [2.24, 2.45) is 11.1 Å². The zero-order valence-corrected chi connectivity index (χ0v) is 21.7. The van der Waals surface area contributed by atoms with Crippen LogP contribution in [-0.4, -0.2) is 87.8 Å². The molecule has 0 saturated carbocycles. The molecule has 1 aromatic rings. The Morgan fingerprint density at radius 1 is 1.23 bits per heavy atom. The molecular weight excluding hydrogens is 468 g/mol. The molecule has 3 aliphatic heterocycles. The summed E-state index contributed by atoms with van der Waals surface area (Å²) in [5.74, 6) is -1.60. The SMILES string of the molecule is CCN(CC)CCOC(=O)[C@@H]1N2C(=O)C(NC(=O)C3C(c4ccccc4)=NOC3C)[C@H]2SC1(C)C. The average Bonchev–Trinajstić information content (AvgIpc) is 3.35. The van der Waals surface area contributed by atoms with Gasteiger partial charge in [-0.2, -0.15) is 0 Å². The summed E-state index contributed by atoms with van der Waals surface area (Å²) >= 11 is 1.51. The average molecular weight is 503 g/mol. The molecular formula is C25H34N4O5S. The van der Waals surface area contributed by atoms with Gasteiger partial charge in [-0.3, -0.25) is 9.59 Å². The molecule has 10 heteroatoms. The quantitative estimate of drug-likeness (QED) is 0.406. The van der Waals surface area contributed by atoms with Gasteiger partial charge in [0.15, 0.2) is 0 Å². The topological polar surface area (TPSA) is 101 Å². The first-order chi connectivity index (χ1) is 16.7. The maximum Gasteiger partial charge on any atom is 0.330 e. The first-order valence-electron chi connectivity index (χ1n) is 12.2. The lowest BCUT2D eigenvalue weighted by Crippen LogP contribution is -2.71. The van der Waals surface area contributed by atoms with Gasteiger partial charge in [-0.1, -0.05) is 49.3 Å². The molecule has 3 unspecified atom stereocenters. The number of benzene rings is 1. The largest absolute Gasteiger partial charge is 0.463 e. The van der Waals surface area contributed by atoms with E-state index < -0.39 is 34.8 Å². The van der Waals surface area contributed by atoms with Gasteiger partial charge in [0.1, 0.15) is 41.8 Å². The van der Waals surface area contributed by atoms with Crippen LogP contribution >= 0.6 is 11.8 Å². The lowest BCUT2D eigenvalue weighted by atomic mass is 9.91. The summed E-state index contributed by atoms with van der Waals surface area (Å²) < 4.78 is 5.03. The molecule has 1 aromatic carbocycles. The smallest absolute Gasteiger partial charge is 0.330 e. The third kappa shape index (κ3) is 4.78. The standard InChI is InChI=1S/C25H34N4O5S/c1-6-28(7-2)13-14-33-24(32)20-25(4,5)35-23-19(22(31)29(20)23)26-21(30)17-15(3)34-27-18(17)16-11-9-8-10-12-16/h8-12,15,17,19-20,23H,6-7,13-14H2,1-5H3,(H,26,30)/t15?,17?,19?,20-,23+/m0/s1. The van der Waals surface area contributed by atoms with Crippen LogP contribution in [-0.2, 0) is 24.0 Å². The number of amides is 2. The molecule has 190 valence electrons. The van der Waals surface area contributed by atoms with Gasteiger partial charge in [-0.15, -0.1) is 11.8 Å². The lowest BCUT2D eigenvalue weighted by molar-refractivity contribution is -0.164.